The van der Waals surface area contributed by atoms with Crippen LogP contribution in [0.25, 0.3) is 0 Å². The average Bonchev–Trinajstić information content (AvgIpc) is 2.88. The van der Waals surface area contributed by atoms with Crippen molar-refractivity contribution in [2.24, 2.45) is 17.6 Å². The number of rotatable bonds is 8. The van der Waals surface area contributed by atoms with Gasteiger partial charge in [0.1, 0.15) is 0 Å². The summed E-state index contributed by atoms with van der Waals surface area (Å²) in [6, 6.07) is 0.231. The predicted octanol–water partition coefficient (Wildman–Crippen LogP) is 1.68. The average molecular weight is 256 g/mol. The molecule has 1 aliphatic rings. The van der Waals surface area contributed by atoms with Crippen molar-refractivity contribution in [1.29, 1.82) is 0 Å². The molecule has 0 aromatic rings. The van der Waals surface area contributed by atoms with Gasteiger partial charge in [-0.05, 0) is 38.6 Å². The van der Waals surface area contributed by atoms with Gasteiger partial charge in [0.2, 0.25) is 5.91 Å². The zero-order chi connectivity index (χ0) is 13.4. The maximum absolute atomic E-state index is 11.9. The van der Waals surface area contributed by atoms with Crippen molar-refractivity contribution in [1.82, 2.24) is 5.32 Å². The summed E-state index contributed by atoms with van der Waals surface area (Å²) >= 11 is 0. The maximum Gasteiger partial charge on any atom is 0.220 e. The van der Waals surface area contributed by atoms with Crippen molar-refractivity contribution in [3.05, 3.63) is 0 Å². The van der Waals surface area contributed by atoms with Crippen molar-refractivity contribution in [2.75, 3.05) is 19.8 Å². The van der Waals surface area contributed by atoms with Gasteiger partial charge in [0.15, 0.2) is 0 Å². The van der Waals surface area contributed by atoms with Crippen LogP contribution in [0.5, 0.6) is 0 Å². The lowest BCUT2D eigenvalue weighted by molar-refractivity contribution is -0.122. The molecule has 106 valence electrons. The number of ether oxygens (including phenoxy) is 1. The van der Waals surface area contributed by atoms with E-state index < -0.39 is 0 Å². The standard InChI is InChI=1S/C14H28N2O2/c1-3-12(6-8-15)4-5-14(17)16-11(2)13-7-9-18-10-13/h11-13H,3-10,15H2,1-2H3,(H,16,17). The fraction of sp³-hybridized carbons (Fsp3) is 0.929. The number of nitrogens with one attached hydrogen (secondary N) is 1. The highest BCUT2D eigenvalue weighted by Gasteiger charge is 2.23. The molecule has 1 saturated heterocycles. The van der Waals surface area contributed by atoms with Crippen molar-refractivity contribution in [3.8, 4) is 0 Å². The Bertz CT molecular complexity index is 240. The predicted molar refractivity (Wildman–Crippen MR) is 73.2 cm³/mol. The van der Waals surface area contributed by atoms with E-state index in [4.69, 9.17) is 10.5 Å². The Balaban J connectivity index is 2.19. The van der Waals surface area contributed by atoms with E-state index in [1.54, 1.807) is 0 Å². The van der Waals surface area contributed by atoms with E-state index >= 15 is 0 Å². The van der Waals surface area contributed by atoms with Crippen molar-refractivity contribution >= 4 is 5.91 Å². The molecule has 3 atom stereocenters. The summed E-state index contributed by atoms with van der Waals surface area (Å²) in [6.45, 7) is 6.58. The lowest BCUT2D eigenvalue weighted by Gasteiger charge is -2.20. The topological polar surface area (TPSA) is 64.4 Å². The summed E-state index contributed by atoms with van der Waals surface area (Å²) in [6.07, 6.45) is 4.77. The van der Waals surface area contributed by atoms with Crippen molar-refractivity contribution < 1.29 is 9.53 Å². The highest BCUT2D eigenvalue weighted by molar-refractivity contribution is 5.76. The number of hydrogen-bond donors (Lipinski definition) is 2. The molecule has 0 spiro atoms. The van der Waals surface area contributed by atoms with Gasteiger partial charge in [0.25, 0.3) is 0 Å². The largest absolute Gasteiger partial charge is 0.381 e. The fourth-order valence-electron chi connectivity index (χ4n) is 2.51. The quantitative estimate of drug-likeness (QED) is 0.694. The Labute approximate surface area is 111 Å². The first-order chi connectivity index (χ1) is 8.67. The molecule has 3 N–H and O–H groups in total. The van der Waals surface area contributed by atoms with Gasteiger partial charge in [-0.1, -0.05) is 13.3 Å². The monoisotopic (exact) mass is 256 g/mol. The first-order valence-electron chi connectivity index (χ1n) is 7.24. The molecule has 0 aliphatic carbocycles. The second kappa shape index (κ2) is 8.48. The summed E-state index contributed by atoms with van der Waals surface area (Å²) in [7, 11) is 0. The number of carbonyl (C=O) groups is 1. The molecule has 1 amide bonds. The van der Waals surface area contributed by atoms with E-state index in [1.807, 2.05) is 0 Å². The lowest BCUT2D eigenvalue weighted by atomic mass is 9.96. The molecule has 0 bridgehead atoms. The third-order valence-electron chi connectivity index (χ3n) is 3.99. The number of amides is 1. The molecule has 4 heteroatoms. The molecule has 1 aliphatic heterocycles. The summed E-state index contributed by atoms with van der Waals surface area (Å²) < 4.78 is 5.34. The van der Waals surface area contributed by atoms with Gasteiger partial charge < -0.3 is 15.8 Å². The Morgan fingerprint density at radius 3 is 2.83 bits per heavy atom. The second-order valence-corrected chi connectivity index (χ2v) is 5.37. The van der Waals surface area contributed by atoms with Gasteiger partial charge in [0.05, 0.1) is 6.61 Å². The molecule has 0 aromatic heterocycles. The first-order valence-corrected chi connectivity index (χ1v) is 7.24. The van der Waals surface area contributed by atoms with Crippen LogP contribution in [-0.4, -0.2) is 31.7 Å². The van der Waals surface area contributed by atoms with Crippen LogP contribution in [0, 0.1) is 11.8 Å². The molecular weight excluding hydrogens is 228 g/mol. The number of nitrogens with two attached hydrogens (primary N) is 1. The molecule has 1 rings (SSSR count). The van der Waals surface area contributed by atoms with Crippen LogP contribution in [0.1, 0.15) is 46.0 Å². The Kier molecular flexibility index (Phi) is 7.28. The molecule has 3 unspecified atom stereocenters. The van der Waals surface area contributed by atoms with Crippen LogP contribution in [-0.2, 0) is 9.53 Å². The fourth-order valence-corrected chi connectivity index (χ4v) is 2.51. The van der Waals surface area contributed by atoms with Gasteiger partial charge in [0, 0.05) is 25.0 Å². The minimum atomic E-state index is 0.171. The van der Waals surface area contributed by atoms with Crippen LogP contribution >= 0.6 is 0 Å². The molecule has 0 aromatic carbocycles. The minimum Gasteiger partial charge on any atom is -0.381 e. The molecule has 1 fully saturated rings. The van der Waals surface area contributed by atoms with Gasteiger partial charge >= 0.3 is 0 Å². The SMILES string of the molecule is CCC(CCN)CCC(=O)NC(C)C1CCOC1. The zero-order valence-corrected chi connectivity index (χ0v) is 11.8. The summed E-state index contributed by atoms with van der Waals surface area (Å²) in [5.41, 5.74) is 5.56. The number of hydrogen-bond acceptors (Lipinski definition) is 3. The smallest absolute Gasteiger partial charge is 0.220 e. The van der Waals surface area contributed by atoms with E-state index in [0.29, 0.717) is 18.3 Å². The van der Waals surface area contributed by atoms with Crippen LogP contribution < -0.4 is 11.1 Å². The number of carbonyl (C=O) groups excluding carboxylic acids is 1. The minimum absolute atomic E-state index is 0.171. The molecule has 0 saturated carbocycles. The Morgan fingerprint density at radius 1 is 1.50 bits per heavy atom. The third-order valence-corrected chi connectivity index (χ3v) is 3.99. The van der Waals surface area contributed by atoms with Crippen molar-refractivity contribution in [2.45, 2.75) is 52.0 Å². The zero-order valence-electron chi connectivity index (χ0n) is 11.8. The van der Waals surface area contributed by atoms with Crippen LogP contribution in [0.15, 0.2) is 0 Å². The maximum atomic E-state index is 11.9. The van der Waals surface area contributed by atoms with Gasteiger partial charge in [-0.2, -0.15) is 0 Å². The lowest BCUT2D eigenvalue weighted by Crippen LogP contribution is -2.38. The molecule has 1 heterocycles. The summed E-state index contributed by atoms with van der Waals surface area (Å²) in [4.78, 5) is 11.9. The highest BCUT2D eigenvalue weighted by atomic mass is 16.5. The van der Waals surface area contributed by atoms with Crippen LogP contribution in [0.3, 0.4) is 0 Å². The normalized spacial score (nSPS) is 22.7. The summed E-state index contributed by atoms with van der Waals surface area (Å²) in [5.74, 6) is 1.25. The molecule has 18 heavy (non-hydrogen) atoms. The Hall–Kier alpha value is -0.610. The molecule has 0 radical (unpaired) electrons. The van der Waals surface area contributed by atoms with Crippen LogP contribution in [0.4, 0.5) is 0 Å². The van der Waals surface area contributed by atoms with E-state index in [0.717, 1.165) is 45.4 Å². The Morgan fingerprint density at radius 2 is 2.28 bits per heavy atom. The van der Waals surface area contributed by atoms with Gasteiger partial charge in [-0.25, -0.2) is 0 Å². The summed E-state index contributed by atoms with van der Waals surface area (Å²) in [5, 5.41) is 3.09. The van der Waals surface area contributed by atoms with E-state index in [2.05, 4.69) is 19.2 Å². The highest BCUT2D eigenvalue weighted by Crippen LogP contribution is 2.17. The molecule has 4 nitrogen and oxygen atoms in total. The third kappa shape index (κ3) is 5.36. The van der Waals surface area contributed by atoms with Gasteiger partial charge in [-0.15, -0.1) is 0 Å². The first kappa shape index (κ1) is 15.4. The van der Waals surface area contributed by atoms with E-state index in [-0.39, 0.29) is 11.9 Å². The van der Waals surface area contributed by atoms with E-state index in [1.165, 1.54) is 0 Å². The second-order valence-electron chi connectivity index (χ2n) is 5.37. The van der Waals surface area contributed by atoms with Gasteiger partial charge in [-0.3, -0.25) is 4.79 Å². The van der Waals surface area contributed by atoms with Crippen molar-refractivity contribution in [3.63, 3.8) is 0 Å². The van der Waals surface area contributed by atoms with E-state index in [9.17, 15) is 4.79 Å². The van der Waals surface area contributed by atoms with Crippen LogP contribution in [0.2, 0.25) is 0 Å². The molecular formula is C14H28N2O2.